The van der Waals surface area contributed by atoms with E-state index in [1.165, 1.54) is 6.42 Å². The van der Waals surface area contributed by atoms with Gasteiger partial charge >= 0.3 is 0 Å². The molecule has 2 N–H and O–H groups in total. The SMILES string of the molecule is CCCNc1cncc(NCCCCCOC)c1. The molecule has 0 aliphatic rings. The Hall–Kier alpha value is -1.29. The summed E-state index contributed by atoms with van der Waals surface area (Å²) in [4.78, 5) is 4.22. The quantitative estimate of drug-likeness (QED) is 0.627. The number of aromatic nitrogens is 1. The van der Waals surface area contributed by atoms with Gasteiger partial charge in [0.05, 0.1) is 23.8 Å². The molecule has 4 heteroatoms. The molecule has 0 spiro atoms. The lowest BCUT2D eigenvalue weighted by molar-refractivity contribution is 0.192. The summed E-state index contributed by atoms with van der Waals surface area (Å²) in [6.45, 7) is 4.99. The molecule has 0 radical (unpaired) electrons. The van der Waals surface area contributed by atoms with Crippen LogP contribution in [-0.2, 0) is 4.74 Å². The maximum absolute atomic E-state index is 5.02. The van der Waals surface area contributed by atoms with Crippen LogP contribution in [0.1, 0.15) is 32.6 Å². The molecule has 0 atom stereocenters. The van der Waals surface area contributed by atoms with Gasteiger partial charge in [-0.05, 0) is 31.7 Å². The van der Waals surface area contributed by atoms with Crippen molar-refractivity contribution < 1.29 is 4.74 Å². The van der Waals surface area contributed by atoms with Crippen molar-refractivity contribution in [3.63, 3.8) is 0 Å². The maximum Gasteiger partial charge on any atom is 0.0547 e. The van der Waals surface area contributed by atoms with E-state index in [1.54, 1.807) is 7.11 Å². The second-order valence-electron chi connectivity index (χ2n) is 4.37. The van der Waals surface area contributed by atoms with Gasteiger partial charge in [0.15, 0.2) is 0 Å². The van der Waals surface area contributed by atoms with E-state index in [2.05, 4.69) is 28.6 Å². The molecule has 0 saturated heterocycles. The van der Waals surface area contributed by atoms with Crippen molar-refractivity contribution in [2.75, 3.05) is 37.4 Å². The van der Waals surface area contributed by atoms with E-state index >= 15 is 0 Å². The summed E-state index contributed by atoms with van der Waals surface area (Å²) in [5.41, 5.74) is 2.17. The molecule has 0 aliphatic heterocycles. The van der Waals surface area contributed by atoms with Crippen molar-refractivity contribution in [1.29, 1.82) is 0 Å². The topological polar surface area (TPSA) is 46.2 Å². The Morgan fingerprint density at radius 1 is 1.06 bits per heavy atom. The minimum Gasteiger partial charge on any atom is -0.385 e. The van der Waals surface area contributed by atoms with E-state index in [9.17, 15) is 0 Å². The lowest BCUT2D eigenvalue weighted by atomic mass is 10.2. The number of nitrogens with one attached hydrogen (secondary N) is 2. The molecule has 0 amide bonds. The maximum atomic E-state index is 5.02. The fourth-order valence-corrected chi connectivity index (χ4v) is 1.68. The van der Waals surface area contributed by atoms with Crippen LogP contribution in [-0.4, -0.2) is 31.8 Å². The van der Waals surface area contributed by atoms with Gasteiger partial charge in [0.1, 0.15) is 0 Å². The third-order valence-electron chi connectivity index (χ3n) is 2.67. The highest BCUT2D eigenvalue weighted by molar-refractivity contribution is 5.53. The van der Waals surface area contributed by atoms with Gasteiger partial charge in [-0.1, -0.05) is 6.92 Å². The van der Waals surface area contributed by atoms with E-state index in [-0.39, 0.29) is 0 Å². The number of pyridine rings is 1. The molecule has 1 aromatic heterocycles. The van der Waals surface area contributed by atoms with Crippen molar-refractivity contribution in [2.24, 2.45) is 0 Å². The van der Waals surface area contributed by atoms with Crippen LogP contribution in [0.5, 0.6) is 0 Å². The van der Waals surface area contributed by atoms with Gasteiger partial charge in [-0.3, -0.25) is 4.98 Å². The van der Waals surface area contributed by atoms with Crippen molar-refractivity contribution in [2.45, 2.75) is 32.6 Å². The zero-order valence-corrected chi connectivity index (χ0v) is 11.5. The van der Waals surface area contributed by atoms with Crippen LogP contribution in [0.25, 0.3) is 0 Å². The molecule has 18 heavy (non-hydrogen) atoms. The fraction of sp³-hybridized carbons (Fsp3) is 0.643. The second kappa shape index (κ2) is 9.71. The first kappa shape index (κ1) is 14.8. The molecule has 102 valence electrons. The molecule has 0 aliphatic carbocycles. The number of anilines is 2. The highest BCUT2D eigenvalue weighted by Crippen LogP contribution is 2.13. The molecule has 0 fully saturated rings. The molecule has 0 bridgehead atoms. The lowest BCUT2D eigenvalue weighted by Gasteiger charge is -2.09. The number of hydrogen-bond acceptors (Lipinski definition) is 4. The number of rotatable bonds is 10. The van der Waals surface area contributed by atoms with Crippen LogP contribution in [0, 0.1) is 0 Å². The zero-order valence-electron chi connectivity index (χ0n) is 11.5. The molecule has 1 heterocycles. The van der Waals surface area contributed by atoms with Crippen molar-refractivity contribution >= 4 is 11.4 Å². The number of ether oxygens (including phenoxy) is 1. The van der Waals surface area contributed by atoms with Crippen LogP contribution in [0.2, 0.25) is 0 Å². The first-order chi connectivity index (χ1) is 8.86. The monoisotopic (exact) mass is 251 g/mol. The molecule has 0 aromatic carbocycles. The third-order valence-corrected chi connectivity index (χ3v) is 2.67. The molecular formula is C14H25N3O. The van der Waals surface area contributed by atoms with Crippen LogP contribution in [0.3, 0.4) is 0 Å². The van der Waals surface area contributed by atoms with Crippen LogP contribution < -0.4 is 10.6 Å². The molecule has 0 saturated carbocycles. The van der Waals surface area contributed by atoms with E-state index < -0.39 is 0 Å². The smallest absolute Gasteiger partial charge is 0.0547 e. The summed E-state index contributed by atoms with van der Waals surface area (Å²) in [5.74, 6) is 0. The Morgan fingerprint density at radius 3 is 2.44 bits per heavy atom. The van der Waals surface area contributed by atoms with E-state index in [4.69, 9.17) is 4.74 Å². The summed E-state index contributed by atoms with van der Waals surface area (Å²) < 4.78 is 5.02. The summed E-state index contributed by atoms with van der Waals surface area (Å²) in [7, 11) is 1.75. The zero-order chi connectivity index (χ0) is 13.1. The number of unbranched alkanes of at least 4 members (excludes halogenated alkanes) is 2. The van der Waals surface area contributed by atoms with Crippen molar-refractivity contribution in [3.05, 3.63) is 18.5 Å². The minimum absolute atomic E-state index is 0.859. The predicted octanol–water partition coefficient (Wildman–Crippen LogP) is 3.13. The van der Waals surface area contributed by atoms with E-state index in [0.29, 0.717) is 0 Å². The number of methoxy groups -OCH3 is 1. The Balaban J connectivity index is 2.20. The number of hydrogen-bond donors (Lipinski definition) is 2. The standard InChI is InChI=1S/C14H25N3O/c1-3-7-16-13-10-14(12-15-11-13)17-8-5-4-6-9-18-2/h10-12,16-17H,3-9H2,1-2H3. The van der Waals surface area contributed by atoms with Gasteiger partial charge in [0.25, 0.3) is 0 Å². The normalized spacial score (nSPS) is 10.3. The average Bonchev–Trinajstić information content (AvgIpc) is 2.41. The van der Waals surface area contributed by atoms with Gasteiger partial charge in [-0.2, -0.15) is 0 Å². The fourth-order valence-electron chi connectivity index (χ4n) is 1.68. The van der Waals surface area contributed by atoms with Crippen LogP contribution >= 0.6 is 0 Å². The van der Waals surface area contributed by atoms with E-state index in [1.807, 2.05) is 12.4 Å². The summed E-state index contributed by atoms with van der Waals surface area (Å²) in [6, 6.07) is 2.11. The van der Waals surface area contributed by atoms with Crippen molar-refractivity contribution in [3.8, 4) is 0 Å². The average molecular weight is 251 g/mol. The molecule has 1 rings (SSSR count). The summed E-state index contributed by atoms with van der Waals surface area (Å²) in [5, 5.41) is 6.73. The van der Waals surface area contributed by atoms with Crippen molar-refractivity contribution in [1.82, 2.24) is 4.98 Å². The predicted molar refractivity (Wildman–Crippen MR) is 77.2 cm³/mol. The van der Waals surface area contributed by atoms with Gasteiger partial charge < -0.3 is 15.4 Å². The molecular weight excluding hydrogens is 226 g/mol. The Morgan fingerprint density at radius 2 is 1.78 bits per heavy atom. The summed E-state index contributed by atoms with van der Waals surface area (Å²) in [6.07, 6.45) is 8.34. The summed E-state index contributed by atoms with van der Waals surface area (Å²) >= 11 is 0. The van der Waals surface area contributed by atoms with Gasteiger partial charge in [0, 0.05) is 26.8 Å². The van der Waals surface area contributed by atoms with Crippen LogP contribution in [0.4, 0.5) is 11.4 Å². The second-order valence-corrected chi connectivity index (χ2v) is 4.37. The third kappa shape index (κ3) is 6.45. The van der Waals surface area contributed by atoms with Gasteiger partial charge in [0.2, 0.25) is 0 Å². The van der Waals surface area contributed by atoms with Gasteiger partial charge in [-0.25, -0.2) is 0 Å². The minimum atomic E-state index is 0.859. The Kier molecular flexibility index (Phi) is 7.97. The highest BCUT2D eigenvalue weighted by atomic mass is 16.5. The first-order valence-electron chi connectivity index (χ1n) is 6.78. The Bertz CT molecular complexity index is 318. The van der Waals surface area contributed by atoms with E-state index in [0.717, 1.165) is 50.3 Å². The van der Waals surface area contributed by atoms with Crippen LogP contribution in [0.15, 0.2) is 18.5 Å². The van der Waals surface area contributed by atoms with Gasteiger partial charge in [-0.15, -0.1) is 0 Å². The molecule has 1 aromatic rings. The Labute approximate surface area is 110 Å². The molecule has 4 nitrogen and oxygen atoms in total. The molecule has 0 unspecified atom stereocenters. The lowest BCUT2D eigenvalue weighted by Crippen LogP contribution is -2.04. The highest BCUT2D eigenvalue weighted by Gasteiger charge is 1.96. The number of nitrogens with zero attached hydrogens (tertiary/aromatic N) is 1. The largest absolute Gasteiger partial charge is 0.385 e. The first-order valence-corrected chi connectivity index (χ1v) is 6.78.